The molecule has 0 aliphatic carbocycles. The zero-order chi connectivity index (χ0) is 9.56. The summed E-state index contributed by atoms with van der Waals surface area (Å²) in [7, 11) is 0. The van der Waals surface area contributed by atoms with Gasteiger partial charge in [-0.1, -0.05) is 13.3 Å². The van der Waals surface area contributed by atoms with Crippen LogP contribution in [-0.4, -0.2) is 17.1 Å². The number of nitrogens with two attached hydrogens (primary N) is 1. The third-order valence-electron chi connectivity index (χ3n) is 1.39. The molecule has 0 aromatic rings. The van der Waals surface area contributed by atoms with Crippen molar-refractivity contribution in [3.63, 3.8) is 0 Å². The van der Waals surface area contributed by atoms with Crippen molar-refractivity contribution in [2.75, 3.05) is 0 Å². The summed E-state index contributed by atoms with van der Waals surface area (Å²) < 4.78 is 0. The van der Waals surface area contributed by atoms with Crippen LogP contribution in [-0.2, 0) is 0 Å². The quantitative estimate of drug-likeness (QED) is 0.360. The van der Waals surface area contributed by atoms with Crippen molar-refractivity contribution in [1.29, 1.82) is 0 Å². The summed E-state index contributed by atoms with van der Waals surface area (Å²) >= 11 is 0. The Hall–Kier alpha value is -1.33. The van der Waals surface area contributed by atoms with Crippen LogP contribution < -0.4 is 11.1 Å². The summed E-state index contributed by atoms with van der Waals surface area (Å²) in [5.74, 6) is 0. The number of urea groups is 1. The van der Waals surface area contributed by atoms with Gasteiger partial charge in [0.1, 0.15) is 0 Å². The monoisotopic (exact) mass is 175 g/mol. The van der Waals surface area contributed by atoms with E-state index in [1.807, 2.05) is 6.92 Å². The van der Waals surface area contributed by atoms with Gasteiger partial charge in [-0.05, 0) is 6.42 Å². The third kappa shape index (κ3) is 4.48. The third-order valence-corrected chi connectivity index (χ3v) is 1.39. The summed E-state index contributed by atoms with van der Waals surface area (Å²) in [5, 5.41) is 12.3. The van der Waals surface area contributed by atoms with E-state index in [1.165, 1.54) is 0 Å². The minimum absolute atomic E-state index is 0.326. The van der Waals surface area contributed by atoms with Gasteiger partial charge >= 0.3 is 6.03 Å². The summed E-state index contributed by atoms with van der Waals surface area (Å²) in [6.45, 7) is 1.92. The molecule has 0 aromatic heterocycles. The Bertz CT molecular complexity index is 171. The van der Waals surface area contributed by atoms with E-state index in [-0.39, 0.29) is 0 Å². The van der Waals surface area contributed by atoms with Gasteiger partial charge in [-0.25, -0.2) is 4.79 Å². The SMILES string of the molecule is CCCCC(NC(N)=O)[N+](=O)[O-]. The Kier molecular flexibility index (Phi) is 4.75. The minimum atomic E-state index is -1.04. The van der Waals surface area contributed by atoms with Crippen LogP contribution in [0.15, 0.2) is 0 Å². The highest BCUT2D eigenvalue weighted by molar-refractivity contribution is 5.71. The van der Waals surface area contributed by atoms with E-state index in [1.54, 1.807) is 0 Å². The lowest BCUT2D eigenvalue weighted by molar-refractivity contribution is -0.527. The number of amides is 2. The summed E-state index contributed by atoms with van der Waals surface area (Å²) in [4.78, 5) is 20.0. The first-order chi connectivity index (χ1) is 5.57. The number of nitrogens with zero attached hydrogens (tertiary/aromatic N) is 1. The first-order valence-electron chi connectivity index (χ1n) is 3.77. The lowest BCUT2D eigenvalue weighted by Crippen LogP contribution is -2.43. The van der Waals surface area contributed by atoms with Crippen LogP contribution >= 0.6 is 0 Å². The topological polar surface area (TPSA) is 98.3 Å². The largest absolute Gasteiger partial charge is 0.351 e. The molecular weight excluding hydrogens is 162 g/mol. The van der Waals surface area contributed by atoms with Gasteiger partial charge < -0.3 is 5.73 Å². The molecule has 6 nitrogen and oxygen atoms in total. The molecule has 0 saturated heterocycles. The molecule has 3 N–H and O–H groups in total. The maximum absolute atomic E-state index is 10.3. The number of carbonyl (C=O) groups excluding carboxylic acids is 1. The fraction of sp³-hybridized carbons (Fsp3) is 0.833. The molecule has 0 rings (SSSR count). The fourth-order valence-electron chi connectivity index (χ4n) is 0.792. The Balaban J connectivity index is 3.87. The number of unbranched alkanes of at least 4 members (excludes halogenated alkanes) is 1. The van der Waals surface area contributed by atoms with Crippen LogP contribution in [0.4, 0.5) is 4.79 Å². The van der Waals surface area contributed by atoms with Gasteiger partial charge in [-0.2, -0.15) is 0 Å². The number of nitrogens with one attached hydrogen (secondary N) is 1. The molecule has 0 saturated carbocycles. The lowest BCUT2D eigenvalue weighted by atomic mass is 10.2. The van der Waals surface area contributed by atoms with Crippen molar-refractivity contribution < 1.29 is 9.72 Å². The van der Waals surface area contributed by atoms with Crippen molar-refractivity contribution in [1.82, 2.24) is 5.32 Å². The van der Waals surface area contributed by atoms with Gasteiger partial charge in [0.2, 0.25) is 0 Å². The number of nitro groups is 1. The molecule has 70 valence electrons. The van der Waals surface area contributed by atoms with Crippen molar-refractivity contribution in [3.8, 4) is 0 Å². The van der Waals surface area contributed by atoms with Crippen molar-refractivity contribution >= 4 is 6.03 Å². The Labute approximate surface area is 70.3 Å². The normalized spacial score (nSPS) is 12.1. The number of carbonyl (C=O) groups is 1. The molecule has 0 aliphatic rings. The first-order valence-corrected chi connectivity index (χ1v) is 3.77. The van der Waals surface area contributed by atoms with Crippen LogP contribution in [0.25, 0.3) is 0 Å². The average Bonchev–Trinajstić information content (AvgIpc) is 1.96. The molecular formula is C6H13N3O3. The molecule has 2 amide bonds. The van der Waals surface area contributed by atoms with Crippen molar-refractivity contribution in [2.45, 2.75) is 32.4 Å². The Morgan fingerprint density at radius 3 is 2.67 bits per heavy atom. The fourth-order valence-corrected chi connectivity index (χ4v) is 0.792. The molecule has 0 spiro atoms. The molecule has 0 fully saturated rings. The predicted octanol–water partition coefficient (Wildman–Crippen LogP) is 0.448. The number of hydrogen-bond acceptors (Lipinski definition) is 3. The van der Waals surface area contributed by atoms with E-state index in [2.05, 4.69) is 5.32 Å². The second kappa shape index (κ2) is 5.34. The number of hydrogen-bond donors (Lipinski definition) is 2. The number of primary amides is 1. The van der Waals surface area contributed by atoms with E-state index < -0.39 is 17.1 Å². The van der Waals surface area contributed by atoms with Crippen molar-refractivity contribution in [3.05, 3.63) is 10.1 Å². The Morgan fingerprint density at radius 2 is 2.33 bits per heavy atom. The minimum Gasteiger partial charge on any atom is -0.351 e. The first kappa shape index (κ1) is 10.7. The van der Waals surface area contributed by atoms with Crippen molar-refractivity contribution in [2.24, 2.45) is 5.73 Å². The molecule has 1 unspecified atom stereocenters. The molecule has 0 bridgehead atoms. The van der Waals surface area contributed by atoms with Gasteiger partial charge in [-0.3, -0.25) is 15.4 Å². The molecule has 1 atom stereocenters. The molecule has 0 aromatic carbocycles. The van der Waals surface area contributed by atoms with Crippen LogP contribution in [0.1, 0.15) is 26.2 Å². The standard InChI is InChI=1S/C6H13N3O3/c1-2-3-4-5(9(11)12)8-6(7)10/h5H,2-4H2,1H3,(H3,7,8,10). The summed E-state index contributed by atoms with van der Waals surface area (Å²) in [6.07, 6.45) is 0.839. The lowest BCUT2D eigenvalue weighted by Gasteiger charge is -2.08. The van der Waals surface area contributed by atoms with Crippen LogP contribution in [0.2, 0.25) is 0 Å². The zero-order valence-corrected chi connectivity index (χ0v) is 6.95. The second-order valence-electron chi connectivity index (χ2n) is 2.45. The van der Waals surface area contributed by atoms with Gasteiger partial charge in [0, 0.05) is 11.3 Å². The summed E-state index contributed by atoms with van der Waals surface area (Å²) in [5.41, 5.74) is 4.75. The van der Waals surface area contributed by atoms with E-state index in [9.17, 15) is 14.9 Å². The van der Waals surface area contributed by atoms with Crippen LogP contribution in [0.3, 0.4) is 0 Å². The highest BCUT2D eigenvalue weighted by Gasteiger charge is 2.19. The van der Waals surface area contributed by atoms with Crippen LogP contribution in [0.5, 0.6) is 0 Å². The smallest absolute Gasteiger partial charge is 0.317 e. The van der Waals surface area contributed by atoms with Gasteiger partial charge in [0.15, 0.2) is 0 Å². The maximum atomic E-state index is 10.3. The highest BCUT2D eigenvalue weighted by atomic mass is 16.6. The average molecular weight is 175 g/mol. The molecule has 0 aliphatic heterocycles. The predicted molar refractivity (Wildman–Crippen MR) is 43.0 cm³/mol. The summed E-state index contributed by atoms with van der Waals surface area (Å²) in [6, 6.07) is -0.854. The highest BCUT2D eigenvalue weighted by Crippen LogP contribution is 2.00. The molecule has 12 heavy (non-hydrogen) atoms. The Morgan fingerprint density at radius 1 is 1.75 bits per heavy atom. The second-order valence-corrected chi connectivity index (χ2v) is 2.45. The molecule has 0 radical (unpaired) electrons. The van der Waals surface area contributed by atoms with E-state index in [0.29, 0.717) is 12.8 Å². The van der Waals surface area contributed by atoms with Gasteiger partial charge in [0.05, 0.1) is 0 Å². The maximum Gasteiger partial charge on any atom is 0.317 e. The zero-order valence-electron chi connectivity index (χ0n) is 6.95. The van der Waals surface area contributed by atoms with E-state index >= 15 is 0 Å². The van der Waals surface area contributed by atoms with Gasteiger partial charge in [-0.15, -0.1) is 0 Å². The molecule has 0 heterocycles. The molecule has 6 heteroatoms. The number of rotatable bonds is 5. The van der Waals surface area contributed by atoms with E-state index in [0.717, 1.165) is 6.42 Å². The van der Waals surface area contributed by atoms with E-state index in [4.69, 9.17) is 5.73 Å². The van der Waals surface area contributed by atoms with Gasteiger partial charge in [0.25, 0.3) is 6.17 Å². The van der Waals surface area contributed by atoms with Crippen LogP contribution in [0, 0.1) is 10.1 Å².